The Hall–Kier alpha value is -1.88. The van der Waals surface area contributed by atoms with Gasteiger partial charge in [0.25, 0.3) is 5.91 Å². The first kappa shape index (κ1) is 13.5. The van der Waals surface area contributed by atoms with Crippen LogP contribution in [0.4, 0.5) is 5.69 Å². The molecule has 1 aliphatic heterocycles. The molecule has 0 radical (unpaired) electrons. The first-order valence-electron chi connectivity index (χ1n) is 6.31. The monoisotopic (exact) mass is 263 g/mol. The first-order chi connectivity index (χ1) is 9.20. The van der Waals surface area contributed by atoms with Gasteiger partial charge in [0, 0.05) is 12.3 Å². The van der Waals surface area contributed by atoms with E-state index in [1.54, 1.807) is 24.3 Å². The molecule has 0 bridgehead atoms. The molecule has 1 amide bonds. The molecule has 1 saturated heterocycles. The largest absolute Gasteiger partial charge is 0.465 e. The number of esters is 1. The normalized spacial score (nSPS) is 18.7. The van der Waals surface area contributed by atoms with E-state index in [9.17, 15) is 9.59 Å². The van der Waals surface area contributed by atoms with Gasteiger partial charge in [-0.3, -0.25) is 4.79 Å². The van der Waals surface area contributed by atoms with Gasteiger partial charge in [0.2, 0.25) is 0 Å². The van der Waals surface area contributed by atoms with E-state index in [4.69, 9.17) is 4.74 Å². The van der Waals surface area contributed by atoms with Gasteiger partial charge in [-0.25, -0.2) is 4.79 Å². The van der Waals surface area contributed by atoms with Crippen molar-refractivity contribution in [2.75, 3.05) is 19.0 Å². The van der Waals surface area contributed by atoms with Gasteiger partial charge >= 0.3 is 5.97 Å². The smallest absolute Gasteiger partial charge is 0.337 e. The third kappa shape index (κ3) is 3.54. The topological polar surface area (TPSA) is 64.6 Å². The van der Waals surface area contributed by atoms with Crippen molar-refractivity contribution in [1.29, 1.82) is 0 Å². The molecule has 1 fully saturated rings. The third-order valence-corrected chi connectivity index (χ3v) is 3.05. The lowest BCUT2D eigenvalue weighted by molar-refractivity contribution is -0.129. The summed E-state index contributed by atoms with van der Waals surface area (Å²) in [5, 5.41) is 2.78. The lowest BCUT2D eigenvalue weighted by Crippen LogP contribution is -2.33. The average Bonchev–Trinajstić information content (AvgIpc) is 2.48. The highest BCUT2D eigenvalue weighted by molar-refractivity contribution is 5.95. The molecule has 102 valence electrons. The second kappa shape index (κ2) is 6.33. The summed E-state index contributed by atoms with van der Waals surface area (Å²) in [5.74, 6) is -0.529. The zero-order valence-corrected chi connectivity index (χ0v) is 10.8. The van der Waals surface area contributed by atoms with Crippen molar-refractivity contribution >= 4 is 17.6 Å². The second-order valence-electron chi connectivity index (χ2n) is 4.41. The van der Waals surface area contributed by atoms with Crippen molar-refractivity contribution in [3.8, 4) is 0 Å². The summed E-state index contributed by atoms with van der Waals surface area (Å²) in [6.07, 6.45) is 2.41. The maximum Gasteiger partial charge on any atom is 0.337 e. The Bertz CT molecular complexity index is 449. The predicted molar refractivity (Wildman–Crippen MR) is 70.0 cm³/mol. The fourth-order valence-corrected chi connectivity index (χ4v) is 1.98. The van der Waals surface area contributed by atoms with E-state index >= 15 is 0 Å². The molecule has 0 spiro atoms. The van der Waals surface area contributed by atoms with Gasteiger partial charge in [0.1, 0.15) is 6.10 Å². The van der Waals surface area contributed by atoms with E-state index in [0.29, 0.717) is 17.9 Å². The van der Waals surface area contributed by atoms with Crippen LogP contribution in [0, 0.1) is 0 Å². The molecule has 19 heavy (non-hydrogen) atoms. The molecule has 1 N–H and O–H groups in total. The lowest BCUT2D eigenvalue weighted by atomic mass is 10.1. The zero-order chi connectivity index (χ0) is 13.7. The van der Waals surface area contributed by atoms with E-state index in [-0.39, 0.29) is 12.0 Å². The maximum atomic E-state index is 11.9. The molecule has 1 aromatic rings. The van der Waals surface area contributed by atoms with Gasteiger partial charge in [-0.05, 0) is 43.5 Å². The summed E-state index contributed by atoms with van der Waals surface area (Å²) in [6, 6.07) is 6.58. The van der Waals surface area contributed by atoms with Crippen molar-refractivity contribution in [2.24, 2.45) is 0 Å². The van der Waals surface area contributed by atoms with Crippen LogP contribution in [0.5, 0.6) is 0 Å². The minimum Gasteiger partial charge on any atom is -0.465 e. The van der Waals surface area contributed by atoms with Crippen molar-refractivity contribution in [2.45, 2.75) is 25.4 Å². The van der Waals surface area contributed by atoms with Gasteiger partial charge in [-0.15, -0.1) is 0 Å². The van der Waals surface area contributed by atoms with Crippen LogP contribution in [0.25, 0.3) is 0 Å². The highest BCUT2D eigenvalue weighted by Crippen LogP contribution is 2.16. The summed E-state index contributed by atoms with van der Waals surface area (Å²) in [5.41, 5.74) is 1.10. The molecule has 1 heterocycles. The summed E-state index contributed by atoms with van der Waals surface area (Å²) in [7, 11) is 1.33. The molecule has 1 atom stereocenters. The zero-order valence-electron chi connectivity index (χ0n) is 10.8. The molecule has 5 heteroatoms. The molecular formula is C14H17NO4. The number of ether oxygens (including phenoxy) is 2. The van der Waals surface area contributed by atoms with Crippen LogP contribution in [0.2, 0.25) is 0 Å². The van der Waals surface area contributed by atoms with Crippen LogP contribution in [0.3, 0.4) is 0 Å². The number of amides is 1. The summed E-state index contributed by atoms with van der Waals surface area (Å²) < 4.78 is 10.0. The Kier molecular flexibility index (Phi) is 4.52. The van der Waals surface area contributed by atoms with Gasteiger partial charge < -0.3 is 14.8 Å². The number of hydrogen-bond acceptors (Lipinski definition) is 4. The van der Waals surface area contributed by atoms with E-state index in [0.717, 1.165) is 19.3 Å². The minimum atomic E-state index is -0.395. The maximum absolute atomic E-state index is 11.9. The Labute approximate surface area is 111 Å². The molecular weight excluding hydrogens is 246 g/mol. The molecule has 1 aliphatic rings. The average molecular weight is 263 g/mol. The number of carbonyl (C=O) groups is 2. The predicted octanol–water partition coefficient (Wildman–Crippen LogP) is 1.98. The van der Waals surface area contributed by atoms with Crippen LogP contribution in [0.15, 0.2) is 24.3 Å². The van der Waals surface area contributed by atoms with Gasteiger partial charge in [0.15, 0.2) is 0 Å². The number of nitrogens with one attached hydrogen (secondary N) is 1. The minimum absolute atomic E-state index is 0.134. The number of rotatable bonds is 3. The molecule has 0 saturated carbocycles. The van der Waals surface area contributed by atoms with Crippen LogP contribution in [-0.2, 0) is 14.3 Å². The van der Waals surface area contributed by atoms with Crippen molar-refractivity contribution in [3.63, 3.8) is 0 Å². The highest BCUT2D eigenvalue weighted by atomic mass is 16.5. The Morgan fingerprint density at radius 3 is 2.58 bits per heavy atom. The molecule has 2 rings (SSSR count). The van der Waals surface area contributed by atoms with Crippen molar-refractivity contribution in [1.82, 2.24) is 0 Å². The van der Waals surface area contributed by atoms with E-state index in [1.807, 2.05) is 0 Å². The number of benzene rings is 1. The Balaban J connectivity index is 1.95. The Morgan fingerprint density at radius 2 is 2.00 bits per heavy atom. The number of carbonyl (C=O) groups excluding carboxylic acids is 2. The molecule has 1 aromatic carbocycles. The van der Waals surface area contributed by atoms with Crippen LogP contribution in [0.1, 0.15) is 29.6 Å². The van der Waals surface area contributed by atoms with Crippen molar-refractivity contribution in [3.05, 3.63) is 29.8 Å². The van der Waals surface area contributed by atoms with Crippen molar-refractivity contribution < 1.29 is 19.1 Å². The van der Waals surface area contributed by atoms with Gasteiger partial charge in [-0.1, -0.05) is 0 Å². The highest BCUT2D eigenvalue weighted by Gasteiger charge is 2.21. The molecule has 0 aromatic heterocycles. The SMILES string of the molecule is COC(=O)c1ccc(NC(=O)C2CCCCO2)cc1. The van der Waals surface area contributed by atoms with Gasteiger partial charge in [0.05, 0.1) is 12.7 Å². The number of methoxy groups -OCH3 is 1. The first-order valence-corrected chi connectivity index (χ1v) is 6.31. The number of hydrogen-bond donors (Lipinski definition) is 1. The third-order valence-electron chi connectivity index (χ3n) is 3.05. The number of anilines is 1. The van der Waals surface area contributed by atoms with Crippen LogP contribution >= 0.6 is 0 Å². The van der Waals surface area contributed by atoms with E-state index in [1.165, 1.54) is 7.11 Å². The van der Waals surface area contributed by atoms with Crippen LogP contribution < -0.4 is 5.32 Å². The fraction of sp³-hybridized carbons (Fsp3) is 0.429. The van der Waals surface area contributed by atoms with E-state index in [2.05, 4.69) is 10.1 Å². The second-order valence-corrected chi connectivity index (χ2v) is 4.41. The van der Waals surface area contributed by atoms with Crippen LogP contribution in [-0.4, -0.2) is 31.7 Å². The lowest BCUT2D eigenvalue weighted by Gasteiger charge is -2.21. The summed E-state index contributed by atoms with van der Waals surface area (Å²) >= 11 is 0. The fourth-order valence-electron chi connectivity index (χ4n) is 1.98. The summed E-state index contributed by atoms with van der Waals surface area (Å²) in [6.45, 7) is 0.638. The quantitative estimate of drug-likeness (QED) is 0.847. The van der Waals surface area contributed by atoms with Gasteiger partial charge in [-0.2, -0.15) is 0 Å². The standard InChI is InChI=1S/C14H17NO4/c1-18-14(17)10-5-7-11(8-6-10)15-13(16)12-4-2-3-9-19-12/h5-8,12H,2-4,9H2,1H3,(H,15,16). The Morgan fingerprint density at radius 1 is 1.26 bits per heavy atom. The summed E-state index contributed by atoms with van der Waals surface area (Å²) in [4.78, 5) is 23.2. The molecule has 1 unspecified atom stereocenters. The molecule has 0 aliphatic carbocycles. The van der Waals surface area contributed by atoms with E-state index < -0.39 is 5.97 Å². The molecule has 5 nitrogen and oxygen atoms in total.